The van der Waals surface area contributed by atoms with E-state index < -0.39 is 10.9 Å². The number of ether oxygens (including phenoxy) is 2. The summed E-state index contributed by atoms with van der Waals surface area (Å²) in [5.41, 5.74) is 1.62. The van der Waals surface area contributed by atoms with Crippen LogP contribution in [0.2, 0.25) is 10.0 Å². The molecule has 0 saturated heterocycles. The van der Waals surface area contributed by atoms with Crippen LogP contribution in [0, 0.1) is 0 Å². The molecule has 0 unspecified atom stereocenters. The highest BCUT2D eigenvalue weighted by Gasteiger charge is 2.16. The standard InChI is InChI=1S/C21H12Cl2O5S/c22-12-5-7-13(8-6-12)26-11-19(24)27-14-9-16(15-3-1-2-4-17(15)23)20-18(10-14)29-21(25)28-20/h1-10H,11H2. The molecule has 5 nitrogen and oxygen atoms in total. The van der Waals surface area contributed by atoms with Crippen molar-refractivity contribution in [3.05, 3.63) is 80.4 Å². The number of benzene rings is 3. The Bertz CT molecular complexity index is 1240. The van der Waals surface area contributed by atoms with Crippen molar-refractivity contribution in [1.82, 2.24) is 0 Å². The molecular formula is C21H12Cl2O5S. The predicted molar refractivity (Wildman–Crippen MR) is 113 cm³/mol. The van der Waals surface area contributed by atoms with Gasteiger partial charge in [0.05, 0.1) is 4.70 Å². The molecule has 0 bridgehead atoms. The second kappa shape index (κ2) is 8.29. The number of esters is 1. The number of halogens is 2. The van der Waals surface area contributed by atoms with Crippen molar-refractivity contribution in [1.29, 1.82) is 0 Å². The van der Waals surface area contributed by atoms with Crippen LogP contribution in [-0.2, 0) is 4.79 Å². The molecule has 0 aliphatic carbocycles. The van der Waals surface area contributed by atoms with Gasteiger partial charge in [-0.1, -0.05) is 52.7 Å². The average Bonchev–Trinajstić information content (AvgIpc) is 3.07. The highest BCUT2D eigenvalue weighted by molar-refractivity contribution is 7.16. The fourth-order valence-corrected chi connectivity index (χ4v) is 3.81. The van der Waals surface area contributed by atoms with Crippen LogP contribution in [0.25, 0.3) is 21.4 Å². The molecule has 0 radical (unpaired) electrons. The smallest absolute Gasteiger partial charge is 0.396 e. The lowest BCUT2D eigenvalue weighted by atomic mass is 10.0. The maximum Gasteiger partial charge on any atom is 0.396 e. The van der Waals surface area contributed by atoms with E-state index in [-0.39, 0.29) is 12.4 Å². The Morgan fingerprint density at radius 3 is 2.48 bits per heavy atom. The van der Waals surface area contributed by atoms with E-state index in [0.717, 1.165) is 11.3 Å². The van der Waals surface area contributed by atoms with Crippen LogP contribution in [0.4, 0.5) is 0 Å². The molecule has 8 heteroatoms. The van der Waals surface area contributed by atoms with Gasteiger partial charge in [-0.15, -0.1) is 0 Å². The van der Waals surface area contributed by atoms with Gasteiger partial charge in [-0.05, 0) is 36.4 Å². The fraction of sp³-hybridized carbons (Fsp3) is 0.0476. The first-order valence-electron chi connectivity index (χ1n) is 8.41. The molecule has 0 saturated carbocycles. The summed E-state index contributed by atoms with van der Waals surface area (Å²) in [5.74, 6) is 0.154. The zero-order valence-electron chi connectivity index (χ0n) is 14.7. The number of fused-ring (bicyclic) bond motifs is 1. The van der Waals surface area contributed by atoms with Crippen LogP contribution in [0.1, 0.15) is 0 Å². The number of hydrogen-bond acceptors (Lipinski definition) is 6. The molecule has 0 aliphatic heterocycles. The highest BCUT2D eigenvalue weighted by atomic mass is 35.5. The lowest BCUT2D eigenvalue weighted by molar-refractivity contribution is -0.136. The first-order chi connectivity index (χ1) is 14.0. The van der Waals surface area contributed by atoms with Gasteiger partial charge in [-0.25, -0.2) is 9.59 Å². The van der Waals surface area contributed by atoms with Gasteiger partial charge in [0, 0.05) is 27.2 Å². The van der Waals surface area contributed by atoms with Gasteiger partial charge in [0.1, 0.15) is 11.5 Å². The molecule has 0 amide bonds. The zero-order valence-corrected chi connectivity index (χ0v) is 17.0. The Morgan fingerprint density at radius 1 is 0.966 bits per heavy atom. The minimum Gasteiger partial charge on any atom is -0.482 e. The minimum atomic E-state index is -0.597. The average molecular weight is 447 g/mol. The molecule has 146 valence electrons. The summed E-state index contributed by atoms with van der Waals surface area (Å²) in [6.07, 6.45) is 0. The van der Waals surface area contributed by atoms with E-state index in [4.69, 9.17) is 37.1 Å². The van der Waals surface area contributed by atoms with Gasteiger partial charge in [0.2, 0.25) is 0 Å². The van der Waals surface area contributed by atoms with E-state index in [1.807, 2.05) is 6.07 Å². The van der Waals surface area contributed by atoms with Crippen LogP contribution < -0.4 is 14.4 Å². The predicted octanol–water partition coefficient (Wildman–Crippen LogP) is 5.81. The van der Waals surface area contributed by atoms with Crippen molar-refractivity contribution in [2.75, 3.05) is 6.61 Å². The third kappa shape index (κ3) is 4.45. The highest BCUT2D eigenvalue weighted by Crippen LogP contribution is 2.37. The summed E-state index contributed by atoms with van der Waals surface area (Å²) in [5, 5.41) is 1.05. The summed E-state index contributed by atoms with van der Waals surface area (Å²) in [6.45, 7) is -0.289. The van der Waals surface area contributed by atoms with Crippen LogP contribution in [0.3, 0.4) is 0 Å². The Morgan fingerprint density at radius 2 is 1.72 bits per heavy atom. The van der Waals surface area contributed by atoms with Crippen molar-refractivity contribution < 1.29 is 18.7 Å². The topological polar surface area (TPSA) is 65.7 Å². The second-order valence-electron chi connectivity index (χ2n) is 5.95. The Hall–Kier alpha value is -2.80. The molecule has 0 N–H and O–H groups in total. The first-order valence-corrected chi connectivity index (χ1v) is 9.98. The van der Waals surface area contributed by atoms with E-state index in [2.05, 4.69) is 0 Å². The quantitative estimate of drug-likeness (QED) is 0.285. The van der Waals surface area contributed by atoms with Gasteiger partial charge in [0.25, 0.3) is 0 Å². The number of hydrogen-bond donors (Lipinski definition) is 0. The van der Waals surface area contributed by atoms with E-state index in [1.54, 1.807) is 54.6 Å². The number of carbonyl (C=O) groups is 1. The molecule has 0 atom stereocenters. The molecule has 29 heavy (non-hydrogen) atoms. The SMILES string of the molecule is O=C(COc1ccc(Cl)cc1)Oc1cc(-c2ccccc2Cl)c2oc(=O)sc2c1. The van der Waals surface area contributed by atoms with Crippen LogP contribution in [0.5, 0.6) is 11.5 Å². The number of carbonyl (C=O) groups excluding carboxylic acids is 1. The van der Waals surface area contributed by atoms with E-state index in [0.29, 0.717) is 37.2 Å². The second-order valence-corrected chi connectivity index (χ2v) is 7.77. The molecule has 0 aliphatic rings. The van der Waals surface area contributed by atoms with E-state index in [1.165, 1.54) is 0 Å². The third-order valence-corrected chi connectivity index (χ3v) is 5.33. The molecule has 4 aromatic rings. The lowest BCUT2D eigenvalue weighted by Gasteiger charge is -2.10. The Balaban J connectivity index is 1.60. The number of rotatable bonds is 5. The summed E-state index contributed by atoms with van der Waals surface area (Å²) >= 11 is 13.0. The molecule has 4 rings (SSSR count). The van der Waals surface area contributed by atoms with Gasteiger partial charge in [0.15, 0.2) is 12.2 Å². The zero-order chi connectivity index (χ0) is 20.4. The van der Waals surface area contributed by atoms with Gasteiger partial charge in [-0.3, -0.25) is 0 Å². The lowest BCUT2D eigenvalue weighted by Crippen LogP contribution is -2.17. The third-order valence-electron chi connectivity index (χ3n) is 3.97. The van der Waals surface area contributed by atoms with Crippen molar-refractivity contribution in [2.24, 2.45) is 0 Å². The summed E-state index contributed by atoms with van der Waals surface area (Å²) in [4.78, 5) is 23.5. The van der Waals surface area contributed by atoms with Crippen LogP contribution >= 0.6 is 34.5 Å². The largest absolute Gasteiger partial charge is 0.482 e. The summed E-state index contributed by atoms with van der Waals surface area (Å²) in [7, 11) is 0. The minimum absolute atomic E-state index is 0.258. The van der Waals surface area contributed by atoms with Gasteiger partial charge >= 0.3 is 10.9 Å². The summed E-state index contributed by atoms with van der Waals surface area (Å²) in [6, 6.07) is 16.9. The van der Waals surface area contributed by atoms with Crippen molar-refractivity contribution in [3.63, 3.8) is 0 Å². The van der Waals surface area contributed by atoms with Crippen molar-refractivity contribution in [3.8, 4) is 22.6 Å². The van der Waals surface area contributed by atoms with E-state index in [9.17, 15) is 9.59 Å². The summed E-state index contributed by atoms with van der Waals surface area (Å²) < 4.78 is 16.7. The molecule has 0 spiro atoms. The normalized spacial score (nSPS) is 10.8. The Labute approximate surface area is 179 Å². The maximum absolute atomic E-state index is 12.2. The van der Waals surface area contributed by atoms with Crippen LogP contribution in [0.15, 0.2) is 69.9 Å². The van der Waals surface area contributed by atoms with Gasteiger partial charge in [-0.2, -0.15) is 0 Å². The van der Waals surface area contributed by atoms with Crippen molar-refractivity contribution >= 4 is 50.8 Å². The molecule has 3 aromatic carbocycles. The van der Waals surface area contributed by atoms with Crippen LogP contribution in [-0.4, -0.2) is 12.6 Å². The molecule has 0 fully saturated rings. The molecule has 1 aromatic heterocycles. The van der Waals surface area contributed by atoms with Crippen molar-refractivity contribution in [2.45, 2.75) is 0 Å². The Kier molecular flexibility index (Phi) is 5.58. The maximum atomic E-state index is 12.2. The van der Waals surface area contributed by atoms with E-state index >= 15 is 0 Å². The van der Waals surface area contributed by atoms with Gasteiger partial charge < -0.3 is 13.9 Å². The first kappa shape index (κ1) is 19.5. The fourth-order valence-electron chi connectivity index (χ4n) is 2.72. The monoisotopic (exact) mass is 446 g/mol. The molecule has 1 heterocycles. The molecular weight excluding hydrogens is 435 g/mol.